The lowest BCUT2D eigenvalue weighted by Crippen LogP contribution is -2.40. The number of carbonyl (C=O) groups excluding carboxylic acids is 1. The van der Waals surface area contributed by atoms with Crippen LogP contribution in [0.2, 0.25) is 0 Å². The number of methoxy groups -OCH3 is 1. The van der Waals surface area contributed by atoms with Crippen molar-refractivity contribution in [3.05, 3.63) is 41.7 Å². The second-order valence-corrected chi connectivity index (χ2v) is 7.69. The average molecular weight is 422 g/mol. The van der Waals surface area contributed by atoms with Gasteiger partial charge in [0.05, 0.1) is 31.6 Å². The molecule has 3 heterocycles. The zero-order chi connectivity index (χ0) is 22.0. The maximum absolute atomic E-state index is 12.9. The summed E-state index contributed by atoms with van der Waals surface area (Å²) in [5.41, 5.74) is 10.6. The minimum atomic E-state index is -0.0630. The first-order chi connectivity index (χ1) is 15.0. The fraction of sp³-hybridized carbons (Fsp3) is 0.364. The number of hydrogen-bond donors (Lipinski definition) is 2. The van der Waals surface area contributed by atoms with E-state index in [1.54, 1.807) is 24.3 Å². The van der Waals surface area contributed by atoms with Crippen molar-refractivity contribution >= 4 is 11.7 Å². The van der Waals surface area contributed by atoms with Gasteiger partial charge in [0.15, 0.2) is 0 Å². The molecule has 0 spiro atoms. The van der Waals surface area contributed by atoms with Gasteiger partial charge >= 0.3 is 0 Å². The zero-order valence-corrected chi connectivity index (χ0v) is 17.9. The van der Waals surface area contributed by atoms with Crippen LogP contribution in [0.15, 0.2) is 30.5 Å². The molecule has 0 saturated carbocycles. The Labute approximate surface area is 180 Å². The number of anilines is 1. The molecule has 1 saturated heterocycles. The van der Waals surface area contributed by atoms with Gasteiger partial charge in [-0.05, 0) is 29.7 Å². The Morgan fingerprint density at radius 2 is 1.97 bits per heavy atom. The molecule has 4 rings (SSSR count). The number of rotatable bonds is 5. The summed E-state index contributed by atoms with van der Waals surface area (Å²) in [6, 6.07) is 7.46. The summed E-state index contributed by atoms with van der Waals surface area (Å²) in [5.74, 6) is 1.01. The Hall–Kier alpha value is -3.46. The van der Waals surface area contributed by atoms with Crippen molar-refractivity contribution in [1.29, 1.82) is 0 Å². The van der Waals surface area contributed by atoms with Gasteiger partial charge in [-0.15, -0.1) is 0 Å². The Bertz CT molecular complexity index is 1090. The number of nitrogens with zero attached hydrogens (tertiary/aromatic N) is 4. The van der Waals surface area contributed by atoms with E-state index in [9.17, 15) is 4.79 Å². The fourth-order valence-electron chi connectivity index (χ4n) is 3.65. The second kappa shape index (κ2) is 8.73. The number of nitrogen functional groups attached to an aromatic ring is 1. The molecule has 1 aliphatic heterocycles. The highest BCUT2D eigenvalue weighted by atomic mass is 16.5. The van der Waals surface area contributed by atoms with Crippen molar-refractivity contribution in [2.45, 2.75) is 19.8 Å². The molecule has 3 aromatic rings. The van der Waals surface area contributed by atoms with Gasteiger partial charge < -0.3 is 20.1 Å². The smallest absolute Gasteiger partial charge is 0.257 e. The molecule has 31 heavy (non-hydrogen) atoms. The van der Waals surface area contributed by atoms with E-state index < -0.39 is 0 Å². The lowest BCUT2D eigenvalue weighted by Gasteiger charge is -2.27. The van der Waals surface area contributed by atoms with Crippen LogP contribution in [0.4, 0.5) is 5.82 Å². The number of pyridine rings is 1. The van der Waals surface area contributed by atoms with Crippen LogP contribution >= 0.6 is 0 Å². The van der Waals surface area contributed by atoms with Gasteiger partial charge in [-0.1, -0.05) is 19.9 Å². The Morgan fingerprint density at radius 1 is 1.19 bits per heavy atom. The minimum absolute atomic E-state index is 0.0630. The molecule has 0 aliphatic carbocycles. The maximum atomic E-state index is 12.9. The number of H-pyrrole nitrogens is 1. The average Bonchev–Trinajstić information content (AvgIpc) is 3.29. The van der Waals surface area contributed by atoms with Crippen LogP contribution in [0.25, 0.3) is 22.4 Å². The number of morpholine rings is 1. The molecule has 1 aliphatic rings. The predicted octanol–water partition coefficient (Wildman–Crippen LogP) is 2.72. The molecule has 9 nitrogen and oxygen atoms in total. The van der Waals surface area contributed by atoms with Gasteiger partial charge in [0, 0.05) is 30.4 Å². The number of nitrogens with one attached hydrogen (secondary N) is 1. The Morgan fingerprint density at radius 3 is 2.68 bits per heavy atom. The molecule has 0 atom stereocenters. The first-order valence-electron chi connectivity index (χ1n) is 10.2. The van der Waals surface area contributed by atoms with Crippen LogP contribution in [0.1, 0.15) is 35.8 Å². The van der Waals surface area contributed by atoms with Crippen LogP contribution in [-0.2, 0) is 4.74 Å². The van der Waals surface area contributed by atoms with Crippen LogP contribution in [-0.4, -0.2) is 64.6 Å². The van der Waals surface area contributed by atoms with Crippen molar-refractivity contribution < 1.29 is 14.3 Å². The number of amides is 1. The molecule has 0 radical (unpaired) electrons. The zero-order valence-electron chi connectivity index (χ0n) is 17.9. The Balaban J connectivity index is 1.70. The third-order valence-corrected chi connectivity index (χ3v) is 5.36. The molecule has 1 aromatic carbocycles. The lowest BCUT2D eigenvalue weighted by atomic mass is 9.99. The normalized spacial score (nSPS) is 14.1. The van der Waals surface area contributed by atoms with E-state index in [0.717, 1.165) is 16.8 Å². The summed E-state index contributed by atoms with van der Waals surface area (Å²) in [6.45, 7) is 6.34. The topological polar surface area (TPSA) is 119 Å². The summed E-state index contributed by atoms with van der Waals surface area (Å²) in [7, 11) is 1.56. The fourth-order valence-corrected chi connectivity index (χ4v) is 3.65. The summed E-state index contributed by atoms with van der Waals surface area (Å²) in [4.78, 5) is 19.1. The van der Waals surface area contributed by atoms with Crippen LogP contribution in [0, 0.1) is 0 Å². The summed E-state index contributed by atoms with van der Waals surface area (Å²) < 4.78 is 10.9. The third kappa shape index (κ3) is 4.09. The van der Waals surface area contributed by atoms with Gasteiger partial charge in [0.25, 0.3) is 5.91 Å². The van der Waals surface area contributed by atoms with Crippen molar-refractivity contribution in [3.8, 4) is 28.1 Å². The van der Waals surface area contributed by atoms with E-state index >= 15 is 0 Å². The molecule has 1 fully saturated rings. The molecule has 9 heteroatoms. The van der Waals surface area contributed by atoms with E-state index in [0.29, 0.717) is 54.7 Å². The summed E-state index contributed by atoms with van der Waals surface area (Å²) in [6.07, 6.45) is 1.70. The largest absolute Gasteiger partial charge is 0.496 e. The Kier molecular flexibility index (Phi) is 5.85. The van der Waals surface area contributed by atoms with E-state index in [1.165, 1.54) is 0 Å². The number of aromatic nitrogens is 4. The second-order valence-electron chi connectivity index (χ2n) is 7.69. The van der Waals surface area contributed by atoms with Crippen LogP contribution in [0.5, 0.6) is 5.75 Å². The molecule has 1 amide bonds. The van der Waals surface area contributed by atoms with Crippen LogP contribution < -0.4 is 10.5 Å². The first kappa shape index (κ1) is 20.8. The molecular weight excluding hydrogens is 396 g/mol. The molecule has 0 unspecified atom stereocenters. The van der Waals surface area contributed by atoms with Crippen LogP contribution in [0.3, 0.4) is 0 Å². The molecule has 0 bridgehead atoms. The van der Waals surface area contributed by atoms with Crippen molar-refractivity contribution in [2.75, 3.05) is 39.1 Å². The lowest BCUT2D eigenvalue weighted by molar-refractivity contribution is 0.0301. The molecule has 3 N–H and O–H groups in total. The van der Waals surface area contributed by atoms with E-state index in [1.807, 2.05) is 32.0 Å². The molecule has 2 aromatic heterocycles. The molecular formula is C22H26N6O3. The highest BCUT2D eigenvalue weighted by Gasteiger charge is 2.23. The van der Waals surface area contributed by atoms with E-state index in [4.69, 9.17) is 15.2 Å². The van der Waals surface area contributed by atoms with Crippen molar-refractivity contribution in [3.63, 3.8) is 0 Å². The van der Waals surface area contributed by atoms with Gasteiger partial charge in [0.2, 0.25) is 0 Å². The van der Waals surface area contributed by atoms with Gasteiger partial charge in [0.1, 0.15) is 17.3 Å². The number of nitrogens with two attached hydrogens (primary N) is 1. The first-order valence-corrected chi connectivity index (χ1v) is 10.2. The standard InChI is InChI=1S/C22H26N6O3/c1-13(2)19-20(26-27-25-19)17-10-15(12-24-21(17)23)14-4-5-16(18(11-14)30-3)22(29)28-6-8-31-9-7-28/h4-5,10-13H,6-9H2,1-3H3,(H2,23,24)(H,25,26,27). The van der Waals surface area contributed by atoms with E-state index in [-0.39, 0.29) is 11.8 Å². The summed E-state index contributed by atoms with van der Waals surface area (Å²) in [5, 5.41) is 11.2. The number of hydrogen-bond acceptors (Lipinski definition) is 7. The highest BCUT2D eigenvalue weighted by Crippen LogP contribution is 2.34. The third-order valence-electron chi connectivity index (χ3n) is 5.36. The molecule has 162 valence electrons. The highest BCUT2D eigenvalue weighted by molar-refractivity contribution is 5.98. The van der Waals surface area contributed by atoms with E-state index in [2.05, 4.69) is 20.4 Å². The SMILES string of the molecule is COc1cc(-c2cnc(N)c(-c3n[nH]nc3C(C)C)c2)ccc1C(=O)N1CCOCC1. The maximum Gasteiger partial charge on any atom is 0.257 e. The monoisotopic (exact) mass is 422 g/mol. The number of carbonyl (C=O) groups is 1. The van der Waals surface area contributed by atoms with Crippen molar-refractivity contribution in [2.24, 2.45) is 0 Å². The quantitative estimate of drug-likeness (QED) is 0.649. The number of aromatic amines is 1. The van der Waals surface area contributed by atoms with Gasteiger partial charge in [-0.3, -0.25) is 4.79 Å². The summed E-state index contributed by atoms with van der Waals surface area (Å²) >= 11 is 0. The van der Waals surface area contributed by atoms with Crippen molar-refractivity contribution in [1.82, 2.24) is 25.3 Å². The van der Waals surface area contributed by atoms with Gasteiger partial charge in [-0.25, -0.2) is 4.98 Å². The minimum Gasteiger partial charge on any atom is -0.496 e. The van der Waals surface area contributed by atoms with Gasteiger partial charge in [-0.2, -0.15) is 15.4 Å². The predicted molar refractivity (Wildman–Crippen MR) is 117 cm³/mol. The number of ether oxygens (including phenoxy) is 2. The number of benzene rings is 1.